The van der Waals surface area contributed by atoms with E-state index in [1.54, 1.807) is 0 Å². The zero-order valence-corrected chi connectivity index (χ0v) is 10.9. The van der Waals surface area contributed by atoms with Crippen molar-refractivity contribution in [3.63, 3.8) is 0 Å². The molecular formula is C10H18N4O2S. The molecule has 0 spiro atoms. The Morgan fingerprint density at radius 1 is 1.47 bits per heavy atom. The van der Waals surface area contributed by atoms with E-state index in [2.05, 4.69) is 15.5 Å². The van der Waals surface area contributed by atoms with E-state index >= 15 is 0 Å². The van der Waals surface area contributed by atoms with E-state index in [0.717, 1.165) is 30.8 Å². The standard InChI is InChI=1S/C10H18N4O2S/c1-7(2)16-6-4-3-5-12-8(15)9-13-14-10(11)17-9/h7H,3-6H2,1-2H3,(H2,11,14)(H,12,15). The first-order chi connectivity index (χ1) is 8.09. The van der Waals surface area contributed by atoms with Crippen molar-refractivity contribution in [2.24, 2.45) is 0 Å². The Balaban J connectivity index is 2.09. The number of carbonyl (C=O) groups excluding carboxylic acids is 1. The minimum Gasteiger partial charge on any atom is -0.379 e. The molecule has 1 heterocycles. The average Bonchev–Trinajstić information content (AvgIpc) is 2.69. The molecule has 1 amide bonds. The van der Waals surface area contributed by atoms with Gasteiger partial charge in [0.25, 0.3) is 5.91 Å². The minimum atomic E-state index is -0.219. The highest BCUT2D eigenvalue weighted by Crippen LogP contribution is 2.10. The van der Waals surface area contributed by atoms with Crippen LogP contribution in [0.4, 0.5) is 5.13 Å². The fourth-order valence-electron chi connectivity index (χ4n) is 1.15. The molecule has 0 aliphatic carbocycles. The quantitative estimate of drug-likeness (QED) is 0.714. The van der Waals surface area contributed by atoms with E-state index in [1.807, 2.05) is 13.8 Å². The van der Waals surface area contributed by atoms with Crippen molar-refractivity contribution < 1.29 is 9.53 Å². The van der Waals surface area contributed by atoms with Gasteiger partial charge in [-0.2, -0.15) is 0 Å². The Labute approximate surface area is 105 Å². The molecule has 1 rings (SSSR count). The number of amides is 1. The molecule has 0 aliphatic rings. The van der Waals surface area contributed by atoms with Crippen molar-refractivity contribution in [1.29, 1.82) is 0 Å². The van der Waals surface area contributed by atoms with Crippen molar-refractivity contribution >= 4 is 22.4 Å². The number of nitrogens with one attached hydrogen (secondary N) is 1. The minimum absolute atomic E-state index is 0.219. The molecule has 0 aliphatic heterocycles. The molecule has 17 heavy (non-hydrogen) atoms. The second-order valence-electron chi connectivity index (χ2n) is 3.83. The van der Waals surface area contributed by atoms with Crippen LogP contribution in [0.3, 0.4) is 0 Å². The summed E-state index contributed by atoms with van der Waals surface area (Å²) in [5.41, 5.74) is 5.39. The maximum atomic E-state index is 11.5. The number of carbonyl (C=O) groups is 1. The first-order valence-corrected chi connectivity index (χ1v) is 6.40. The molecule has 0 saturated carbocycles. The molecule has 0 bridgehead atoms. The molecule has 7 heteroatoms. The van der Waals surface area contributed by atoms with E-state index in [1.165, 1.54) is 0 Å². The summed E-state index contributed by atoms with van der Waals surface area (Å²) in [5.74, 6) is -0.219. The van der Waals surface area contributed by atoms with Crippen molar-refractivity contribution in [3.05, 3.63) is 5.01 Å². The number of nitrogens with two attached hydrogens (primary N) is 1. The van der Waals surface area contributed by atoms with E-state index in [9.17, 15) is 4.79 Å². The first-order valence-electron chi connectivity index (χ1n) is 5.58. The number of nitrogens with zero attached hydrogens (tertiary/aromatic N) is 2. The molecule has 0 radical (unpaired) electrons. The molecule has 0 aromatic carbocycles. The summed E-state index contributed by atoms with van der Waals surface area (Å²) in [4.78, 5) is 11.5. The van der Waals surface area contributed by atoms with Gasteiger partial charge in [0.15, 0.2) is 0 Å². The molecule has 6 nitrogen and oxygen atoms in total. The zero-order chi connectivity index (χ0) is 12.7. The van der Waals surface area contributed by atoms with Gasteiger partial charge in [-0.25, -0.2) is 0 Å². The van der Waals surface area contributed by atoms with Gasteiger partial charge < -0.3 is 15.8 Å². The maximum Gasteiger partial charge on any atom is 0.282 e. The summed E-state index contributed by atoms with van der Waals surface area (Å²) in [7, 11) is 0. The van der Waals surface area contributed by atoms with Crippen molar-refractivity contribution in [2.75, 3.05) is 18.9 Å². The normalized spacial score (nSPS) is 10.8. The molecule has 96 valence electrons. The van der Waals surface area contributed by atoms with E-state index in [4.69, 9.17) is 10.5 Å². The Morgan fingerprint density at radius 2 is 2.24 bits per heavy atom. The van der Waals surface area contributed by atoms with Crippen LogP contribution in [0.25, 0.3) is 0 Å². The number of aromatic nitrogens is 2. The van der Waals surface area contributed by atoms with Gasteiger partial charge in [0.1, 0.15) is 0 Å². The summed E-state index contributed by atoms with van der Waals surface area (Å²) in [6.45, 7) is 5.34. The van der Waals surface area contributed by atoms with E-state index in [-0.39, 0.29) is 12.0 Å². The highest BCUT2D eigenvalue weighted by atomic mass is 32.1. The Bertz CT molecular complexity index is 354. The van der Waals surface area contributed by atoms with Gasteiger partial charge in [0.05, 0.1) is 6.10 Å². The third-order valence-electron chi connectivity index (χ3n) is 1.94. The first kappa shape index (κ1) is 13.9. The fraction of sp³-hybridized carbons (Fsp3) is 0.700. The Kier molecular flexibility index (Phi) is 5.85. The zero-order valence-electron chi connectivity index (χ0n) is 10.1. The summed E-state index contributed by atoms with van der Waals surface area (Å²) in [6.07, 6.45) is 2.07. The highest BCUT2D eigenvalue weighted by molar-refractivity contribution is 7.16. The van der Waals surface area contributed by atoms with E-state index in [0.29, 0.717) is 16.7 Å². The van der Waals surface area contributed by atoms with Crippen molar-refractivity contribution in [2.45, 2.75) is 32.8 Å². The second kappa shape index (κ2) is 7.18. The highest BCUT2D eigenvalue weighted by Gasteiger charge is 2.10. The molecule has 1 aromatic rings. The monoisotopic (exact) mass is 258 g/mol. The summed E-state index contributed by atoms with van der Waals surface area (Å²) >= 11 is 1.09. The summed E-state index contributed by atoms with van der Waals surface area (Å²) in [5, 5.41) is 10.6. The van der Waals surface area contributed by atoms with Gasteiger partial charge in [-0.1, -0.05) is 11.3 Å². The van der Waals surface area contributed by atoms with Gasteiger partial charge in [-0.3, -0.25) is 4.79 Å². The number of unbranched alkanes of at least 4 members (excludes halogenated alkanes) is 1. The molecule has 0 unspecified atom stereocenters. The van der Waals surface area contributed by atoms with E-state index < -0.39 is 0 Å². The molecule has 0 atom stereocenters. The van der Waals surface area contributed by atoms with Crippen LogP contribution < -0.4 is 11.1 Å². The molecule has 0 saturated heterocycles. The number of nitrogen functional groups attached to an aromatic ring is 1. The molecular weight excluding hydrogens is 240 g/mol. The average molecular weight is 258 g/mol. The van der Waals surface area contributed by atoms with Gasteiger partial charge in [-0.05, 0) is 26.7 Å². The van der Waals surface area contributed by atoms with Crippen molar-refractivity contribution in [1.82, 2.24) is 15.5 Å². The summed E-state index contributed by atoms with van der Waals surface area (Å²) in [6, 6.07) is 0. The Hall–Kier alpha value is -1.21. The van der Waals surface area contributed by atoms with Crippen LogP contribution in [0.15, 0.2) is 0 Å². The lowest BCUT2D eigenvalue weighted by Gasteiger charge is -2.07. The van der Waals surface area contributed by atoms with Crippen LogP contribution in [0.5, 0.6) is 0 Å². The fourth-order valence-corrected chi connectivity index (χ4v) is 1.68. The topological polar surface area (TPSA) is 90.1 Å². The second-order valence-corrected chi connectivity index (χ2v) is 4.84. The summed E-state index contributed by atoms with van der Waals surface area (Å²) < 4.78 is 5.39. The van der Waals surface area contributed by atoms with Gasteiger partial charge in [0.2, 0.25) is 10.1 Å². The number of anilines is 1. The van der Waals surface area contributed by atoms with Gasteiger partial charge in [0, 0.05) is 13.2 Å². The lowest BCUT2D eigenvalue weighted by Crippen LogP contribution is -2.24. The number of ether oxygens (including phenoxy) is 1. The lowest BCUT2D eigenvalue weighted by molar-refractivity contribution is 0.0754. The van der Waals surface area contributed by atoms with Crippen molar-refractivity contribution in [3.8, 4) is 0 Å². The van der Waals surface area contributed by atoms with Crippen LogP contribution in [-0.4, -0.2) is 35.4 Å². The van der Waals surface area contributed by atoms with Crippen LogP contribution in [0.2, 0.25) is 0 Å². The smallest absolute Gasteiger partial charge is 0.282 e. The SMILES string of the molecule is CC(C)OCCCCNC(=O)c1nnc(N)s1. The van der Waals surface area contributed by atoms with Crippen LogP contribution in [0, 0.1) is 0 Å². The van der Waals surface area contributed by atoms with Crippen LogP contribution in [-0.2, 0) is 4.74 Å². The number of hydrogen-bond acceptors (Lipinski definition) is 6. The van der Waals surface area contributed by atoms with Crippen LogP contribution in [0.1, 0.15) is 36.5 Å². The maximum absolute atomic E-state index is 11.5. The third-order valence-corrected chi connectivity index (χ3v) is 2.69. The number of hydrogen-bond donors (Lipinski definition) is 2. The predicted octanol–water partition coefficient (Wildman–Crippen LogP) is 1.06. The predicted molar refractivity (Wildman–Crippen MR) is 67.0 cm³/mol. The third kappa shape index (κ3) is 5.60. The Morgan fingerprint density at radius 3 is 2.82 bits per heavy atom. The number of rotatable bonds is 7. The molecule has 3 N–H and O–H groups in total. The molecule has 1 aromatic heterocycles. The van der Waals surface area contributed by atoms with Gasteiger partial charge >= 0.3 is 0 Å². The lowest BCUT2D eigenvalue weighted by atomic mass is 10.3. The van der Waals surface area contributed by atoms with Crippen LogP contribution >= 0.6 is 11.3 Å². The molecule has 0 fully saturated rings. The van der Waals surface area contributed by atoms with Gasteiger partial charge in [-0.15, -0.1) is 10.2 Å². The largest absolute Gasteiger partial charge is 0.379 e.